The van der Waals surface area contributed by atoms with Gasteiger partial charge < -0.3 is 15.4 Å². The molecule has 8 nitrogen and oxygen atoms in total. The van der Waals surface area contributed by atoms with Gasteiger partial charge in [-0.25, -0.2) is 17.2 Å². The number of sulfonamides is 1. The molecule has 2 heterocycles. The fourth-order valence-electron chi connectivity index (χ4n) is 3.94. The van der Waals surface area contributed by atoms with Crippen molar-refractivity contribution in [2.24, 2.45) is 5.92 Å². The molecule has 1 atom stereocenters. The number of piperidine rings is 1. The van der Waals surface area contributed by atoms with Crippen LogP contribution in [0.15, 0.2) is 35.2 Å². The largest absolute Gasteiger partial charge is 0.479 e. The van der Waals surface area contributed by atoms with Gasteiger partial charge in [-0.05, 0) is 50.5 Å². The Morgan fingerprint density at radius 2 is 1.88 bits per heavy atom. The number of amides is 2. The van der Waals surface area contributed by atoms with E-state index < -0.39 is 39.6 Å². The van der Waals surface area contributed by atoms with Crippen molar-refractivity contribution in [3.8, 4) is 5.75 Å². The minimum Gasteiger partial charge on any atom is -0.479 e. The molecule has 2 aliphatic rings. The predicted octanol–water partition coefficient (Wildman–Crippen LogP) is 3.03. The average molecular weight is 480 g/mol. The number of hydrogen-bond donors (Lipinski definition) is 2. The molecule has 4 rings (SSSR count). The van der Waals surface area contributed by atoms with Crippen LogP contribution in [0.25, 0.3) is 0 Å². The Morgan fingerprint density at radius 1 is 1.18 bits per heavy atom. The first-order valence-electron chi connectivity index (χ1n) is 10.4. The normalized spacial score (nSPS) is 19.4. The van der Waals surface area contributed by atoms with Gasteiger partial charge in [-0.3, -0.25) is 9.59 Å². The Balaban J connectivity index is 1.45. The highest BCUT2D eigenvalue weighted by Crippen LogP contribution is 2.36. The first kappa shape index (κ1) is 23.1. The molecule has 0 aliphatic carbocycles. The van der Waals surface area contributed by atoms with Gasteiger partial charge in [0.25, 0.3) is 5.91 Å². The lowest BCUT2D eigenvalue weighted by Crippen LogP contribution is -2.41. The summed E-state index contributed by atoms with van der Waals surface area (Å²) in [5.74, 6) is -2.60. The third-order valence-electron chi connectivity index (χ3n) is 5.84. The Morgan fingerprint density at radius 3 is 2.55 bits per heavy atom. The Labute approximate surface area is 190 Å². The number of benzene rings is 2. The maximum absolute atomic E-state index is 13.8. The number of carbonyl (C=O) groups excluding carboxylic acids is 2. The van der Waals surface area contributed by atoms with E-state index in [1.165, 1.54) is 10.4 Å². The van der Waals surface area contributed by atoms with E-state index in [1.54, 1.807) is 19.9 Å². The molecule has 2 aliphatic heterocycles. The van der Waals surface area contributed by atoms with Crippen molar-refractivity contribution in [3.05, 3.63) is 47.5 Å². The van der Waals surface area contributed by atoms with Gasteiger partial charge in [0.1, 0.15) is 17.4 Å². The predicted molar refractivity (Wildman–Crippen MR) is 116 cm³/mol. The molecule has 0 spiro atoms. The smallest absolute Gasteiger partial charge is 0.265 e. The summed E-state index contributed by atoms with van der Waals surface area (Å²) in [5, 5.41) is 5.13. The van der Waals surface area contributed by atoms with Crippen LogP contribution in [0.3, 0.4) is 0 Å². The second-order valence-corrected chi connectivity index (χ2v) is 10.1. The highest BCUT2D eigenvalue weighted by atomic mass is 32.2. The molecular formula is C22H23F2N3O5S. The summed E-state index contributed by atoms with van der Waals surface area (Å²) in [6.07, 6.45) is -0.237. The van der Waals surface area contributed by atoms with Crippen LogP contribution >= 0.6 is 0 Å². The molecule has 2 aromatic rings. The summed E-state index contributed by atoms with van der Waals surface area (Å²) in [6.45, 7) is 3.42. The van der Waals surface area contributed by atoms with Crippen molar-refractivity contribution < 1.29 is 31.5 Å². The van der Waals surface area contributed by atoms with Crippen molar-refractivity contribution in [1.82, 2.24) is 4.31 Å². The number of rotatable bonds is 4. The molecule has 0 aromatic heterocycles. The molecule has 0 radical (unpaired) electrons. The molecule has 176 valence electrons. The van der Waals surface area contributed by atoms with Gasteiger partial charge in [-0.15, -0.1) is 0 Å². The standard InChI is InChI=1S/C22H23F2N3O5S/c1-12-9-18-19(32-13(2)21(28)26-18)11-20(12)33(30,31)27-7-5-14(6-8-27)22(29)25-17-4-3-15(23)10-16(17)24/h3-4,9-11,13-14H,5-8H2,1-2H3,(H,25,29)(H,26,28)/t13-/m0/s1. The zero-order valence-electron chi connectivity index (χ0n) is 18.0. The van der Waals surface area contributed by atoms with Crippen molar-refractivity contribution in [2.45, 2.75) is 37.7 Å². The number of carbonyl (C=O) groups is 2. The minimum atomic E-state index is -3.87. The van der Waals surface area contributed by atoms with Crippen LogP contribution in [0.1, 0.15) is 25.3 Å². The fraction of sp³-hybridized carbons (Fsp3) is 0.364. The molecule has 0 bridgehead atoms. The van der Waals surface area contributed by atoms with Gasteiger partial charge in [-0.1, -0.05) is 0 Å². The highest BCUT2D eigenvalue weighted by Gasteiger charge is 2.34. The summed E-state index contributed by atoms with van der Waals surface area (Å²) in [7, 11) is -3.87. The van der Waals surface area contributed by atoms with E-state index >= 15 is 0 Å². The van der Waals surface area contributed by atoms with E-state index in [-0.39, 0.29) is 48.2 Å². The van der Waals surface area contributed by atoms with Gasteiger partial charge in [0.2, 0.25) is 15.9 Å². The van der Waals surface area contributed by atoms with E-state index in [4.69, 9.17) is 4.74 Å². The van der Waals surface area contributed by atoms with Crippen LogP contribution < -0.4 is 15.4 Å². The number of aryl methyl sites for hydroxylation is 1. The number of halogens is 2. The van der Waals surface area contributed by atoms with Crippen molar-refractivity contribution in [3.63, 3.8) is 0 Å². The molecule has 1 saturated heterocycles. The van der Waals surface area contributed by atoms with Crippen LogP contribution in [0.5, 0.6) is 5.75 Å². The number of fused-ring (bicyclic) bond motifs is 1. The van der Waals surface area contributed by atoms with E-state index in [1.807, 2.05) is 0 Å². The summed E-state index contributed by atoms with van der Waals surface area (Å²) in [6, 6.07) is 5.84. The van der Waals surface area contributed by atoms with Crippen LogP contribution in [-0.4, -0.2) is 43.7 Å². The van der Waals surface area contributed by atoms with Crippen LogP contribution in [0.4, 0.5) is 20.2 Å². The Bertz CT molecular complexity index is 1230. The highest BCUT2D eigenvalue weighted by molar-refractivity contribution is 7.89. The topological polar surface area (TPSA) is 105 Å². The maximum atomic E-state index is 13.8. The van der Waals surface area contributed by atoms with Gasteiger partial charge in [-0.2, -0.15) is 4.31 Å². The minimum absolute atomic E-state index is 0.0703. The lowest BCUT2D eigenvalue weighted by molar-refractivity contribution is -0.123. The first-order valence-corrected chi connectivity index (χ1v) is 11.9. The molecular weight excluding hydrogens is 456 g/mol. The van der Waals surface area contributed by atoms with Crippen molar-refractivity contribution in [1.29, 1.82) is 0 Å². The molecule has 0 saturated carbocycles. The number of anilines is 2. The number of nitrogens with zero attached hydrogens (tertiary/aromatic N) is 1. The molecule has 33 heavy (non-hydrogen) atoms. The van der Waals surface area contributed by atoms with E-state index in [2.05, 4.69) is 10.6 Å². The third-order valence-corrected chi connectivity index (χ3v) is 7.88. The zero-order valence-corrected chi connectivity index (χ0v) is 18.8. The average Bonchev–Trinajstić information content (AvgIpc) is 2.76. The monoisotopic (exact) mass is 479 g/mol. The van der Waals surface area contributed by atoms with Crippen LogP contribution in [0.2, 0.25) is 0 Å². The molecule has 0 unspecified atom stereocenters. The Kier molecular flexibility index (Phi) is 6.10. The van der Waals surface area contributed by atoms with Gasteiger partial charge >= 0.3 is 0 Å². The zero-order chi connectivity index (χ0) is 23.9. The lowest BCUT2D eigenvalue weighted by Gasteiger charge is -2.31. The van der Waals surface area contributed by atoms with Crippen LogP contribution in [-0.2, 0) is 19.6 Å². The summed E-state index contributed by atoms with van der Waals surface area (Å²) in [4.78, 5) is 24.4. The quantitative estimate of drug-likeness (QED) is 0.702. The molecule has 2 N–H and O–H groups in total. The second kappa shape index (κ2) is 8.71. The number of hydrogen-bond acceptors (Lipinski definition) is 5. The van der Waals surface area contributed by atoms with Gasteiger partial charge in [0.15, 0.2) is 6.10 Å². The van der Waals surface area contributed by atoms with E-state index in [9.17, 15) is 26.8 Å². The number of nitrogens with one attached hydrogen (secondary N) is 2. The summed E-state index contributed by atoms with van der Waals surface area (Å²) >= 11 is 0. The number of ether oxygens (including phenoxy) is 1. The SMILES string of the molecule is Cc1cc2c(cc1S(=O)(=O)N1CCC(C(=O)Nc3ccc(F)cc3F)CC1)O[C@@H](C)C(=O)N2. The van der Waals surface area contributed by atoms with Crippen LogP contribution in [0, 0.1) is 24.5 Å². The van der Waals surface area contributed by atoms with Crippen molar-refractivity contribution >= 4 is 33.2 Å². The van der Waals surface area contributed by atoms with Gasteiger partial charge in [0, 0.05) is 31.1 Å². The lowest BCUT2D eigenvalue weighted by atomic mass is 9.97. The second-order valence-electron chi connectivity index (χ2n) is 8.15. The Hall–Kier alpha value is -3.05. The summed E-state index contributed by atoms with van der Waals surface area (Å²) in [5.41, 5.74) is 0.749. The third kappa shape index (κ3) is 4.55. The molecule has 2 amide bonds. The molecule has 2 aromatic carbocycles. The molecule has 11 heteroatoms. The van der Waals surface area contributed by atoms with Gasteiger partial charge in [0.05, 0.1) is 16.3 Å². The van der Waals surface area contributed by atoms with Crippen molar-refractivity contribution in [2.75, 3.05) is 23.7 Å². The fourth-order valence-corrected chi connectivity index (χ4v) is 5.64. The summed E-state index contributed by atoms with van der Waals surface area (Å²) < 4.78 is 60.3. The first-order chi connectivity index (χ1) is 15.6. The van der Waals surface area contributed by atoms with E-state index in [0.717, 1.165) is 12.1 Å². The van der Waals surface area contributed by atoms with E-state index in [0.29, 0.717) is 17.3 Å². The maximum Gasteiger partial charge on any atom is 0.265 e. The molecule has 1 fully saturated rings.